The second-order valence-corrected chi connectivity index (χ2v) is 5.38. The zero-order chi connectivity index (χ0) is 7.56. The second kappa shape index (κ2) is 3.88. The molecule has 1 heterocycles. The molecular formula is C7H15NS2. The van der Waals surface area contributed by atoms with Crippen molar-refractivity contribution in [2.24, 2.45) is 0 Å². The highest BCUT2D eigenvalue weighted by Gasteiger charge is 2.27. The van der Waals surface area contributed by atoms with Gasteiger partial charge in [-0.1, -0.05) is 6.92 Å². The van der Waals surface area contributed by atoms with Crippen LogP contribution in [0.25, 0.3) is 0 Å². The first kappa shape index (κ1) is 8.75. The van der Waals surface area contributed by atoms with Crippen LogP contribution in [0.5, 0.6) is 0 Å². The lowest BCUT2D eigenvalue weighted by atomic mass is 10.4. The number of nitrogens with zero attached hydrogens (tertiary/aromatic N) is 1. The van der Waals surface area contributed by atoms with Crippen molar-refractivity contribution < 1.29 is 0 Å². The van der Waals surface area contributed by atoms with E-state index in [0.717, 1.165) is 10.7 Å². The van der Waals surface area contributed by atoms with Crippen LogP contribution in [-0.4, -0.2) is 34.2 Å². The molecule has 1 aliphatic rings. The molecular weight excluding hydrogens is 162 g/mol. The summed E-state index contributed by atoms with van der Waals surface area (Å²) in [5, 5.41) is 0. The third kappa shape index (κ3) is 1.83. The van der Waals surface area contributed by atoms with Crippen LogP contribution in [0.15, 0.2) is 0 Å². The maximum absolute atomic E-state index is 2.46. The Hall–Kier alpha value is 0.660. The van der Waals surface area contributed by atoms with Crippen molar-refractivity contribution >= 4 is 23.5 Å². The quantitative estimate of drug-likeness (QED) is 0.636. The summed E-state index contributed by atoms with van der Waals surface area (Å²) in [6.45, 7) is 4.52. The van der Waals surface area contributed by atoms with Crippen LogP contribution in [0, 0.1) is 0 Å². The Morgan fingerprint density at radius 1 is 1.70 bits per heavy atom. The maximum atomic E-state index is 2.46. The average Bonchev–Trinajstić information content (AvgIpc) is 2.20. The molecule has 0 spiro atoms. The molecule has 2 atom stereocenters. The lowest BCUT2D eigenvalue weighted by Crippen LogP contribution is -2.28. The fraction of sp³-hybridized carbons (Fsp3) is 1.00. The molecule has 1 fully saturated rings. The molecule has 1 nitrogen and oxygen atoms in total. The van der Waals surface area contributed by atoms with Crippen molar-refractivity contribution in [2.45, 2.75) is 24.6 Å². The molecule has 0 bridgehead atoms. The Morgan fingerprint density at radius 2 is 2.40 bits per heavy atom. The summed E-state index contributed by atoms with van der Waals surface area (Å²) in [6.07, 6.45) is 0. The smallest absolute Gasteiger partial charge is 0.103 e. The molecule has 2 unspecified atom stereocenters. The Labute approximate surface area is 71.9 Å². The fourth-order valence-electron chi connectivity index (χ4n) is 0.973. The predicted molar refractivity (Wildman–Crippen MR) is 51.6 cm³/mol. The zero-order valence-corrected chi connectivity index (χ0v) is 8.47. The van der Waals surface area contributed by atoms with Crippen LogP contribution in [0.2, 0.25) is 0 Å². The van der Waals surface area contributed by atoms with E-state index in [9.17, 15) is 0 Å². The van der Waals surface area contributed by atoms with Crippen molar-refractivity contribution in [2.75, 3.05) is 18.6 Å². The molecule has 1 aliphatic heterocycles. The number of rotatable bonds is 2. The van der Waals surface area contributed by atoms with E-state index in [4.69, 9.17) is 0 Å². The highest BCUT2D eigenvalue weighted by Crippen LogP contribution is 2.34. The van der Waals surface area contributed by atoms with E-state index in [2.05, 4.69) is 37.6 Å². The van der Waals surface area contributed by atoms with Crippen LogP contribution in [0.4, 0.5) is 0 Å². The van der Waals surface area contributed by atoms with E-state index in [0.29, 0.717) is 0 Å². The van der Waals surface area contributed by atoms with Crippen LogP contribution in [-0.2, 0) is 0 Å². The SMILES string of the molecule is CCSC1SCC(C)N1C. The Morgan fingerprint density at radius 3 is 2.80 bits per heavy atom. The summed E-state index contributed by atoms with van der Waals surface area (Å²) in [5.74, 6) is 2.53. The number of thioether (sulfide) groups is 2. The van der Waals surface area contributed by atoms with Crippen LogP contribution in [0.3, 0.4) is 0 Å². The Balaban J connectivity index is 2.33. The van der Waals surface area contributed by atoms with Gasteiger partial charge in [-0.2, -0.15) is 0 Å². The van der Waals surface area contributed by atoms with Gasteiger partial charge in [0.25, 0.3) is 0 Å². The minimum Gasteiger partial charge on any atom is -0.283 e. The predicted octanol–water partition coefficient (Wildman–Crippen LogP) is 2.09. The van der Waals surface area contributed by atoms with Gasteiger partial charge in [0.15, 0.2) is 0 Å². The molecule has 3 heteroatoms. The van der Waals surface area contributed by atoms with Crippen molar-refractivity contribution in [1.29, 1.82) is 0 Å². The average molecular weight is 177 g/mol. The first-order chi connectivity index (χ1) is 4.75. The molecule has 0 aromatic heterocycles. The normalized spacial score (nSPS) is 35.1. The van der Waals surface area contributed by atoms with Crippen LogP contribution >= 0.6 is 23.5 Å². The standard InChI is InChI=1S/C7H15NS2/c1-4-9-7-8(3)6(2)5-10-7/h6-7H,4-5H2,1-3H3. The number of hydrogen-bond acceptors (Lipinski definition) is 3. The second-order valence-electron chi connectivity index (χ2n) is 2.61. The van der Waals surface area contributed by atoms with Gasteiger partial charge in [-0.15, -0.1) is 23.5 Å². The van der Waals surface area contributed by atoms with Gasteiger partial charge in [0.05, 0.1) is 0 Å². The molecule has 0 aliphatic carbocycles. The van der Waals surface area contributed by atoms with Gasteiger partial charge >= 0.3 is 0 Å². The van der Waals surface area contributed by atoms with E-state index in [1.807, 2.05) is 11.8 Å². The largest absolute Gasteiger partial charge is 0.283 e. The number of hydrogen-bond donors (Lipinski definition) is 0. The summed E-state index contributed by atoms with van der Waals surface area (Å²) in [6, 6.07) is 0.772. The Kier molecular flexibility index (Phi) is 3.40. The molecule has 10 heavy (non-hydrogen) atoms. The minimum atomic E-state index is 0.722. The van der Waals surface area contributed by atoms with Crippen molar-refractivity contribution in [3.05, 3.63) is 0 Å². The van der Waals surface area contributed by atoms with Gasteiger partial charge in [-0.3, -0.25) is 4.90 Å². The van der Waals surface area contributed by atoms with Crippen LogP contribution < -0.4 is 0 Å². The van der Waals surface area contributed by atoms with E-state index in [1.165, 1.54) is 11.5 Å². The molecule has 0 radical (unpaired) electrons. The van der Waals surface area contributed by atoms with Gasteiger partial charge < -0.3 is 0 Å². The van der Waals surface area contributed by atoms with E-state index < -0.39 is 0 Å². The summed E-state index contributed by atoms with van der Waals surface area (Å²) in [5.41, 5.74) is 0. The van der Waals surface area contributed by atoms with Gasteiger partial charge in [0.2, 0.25) is 0 Å². The lowest BCUT2D eigenvalue weighted by molar-refractivity contribution is 0.327. The summed E-state index contributed by atoms with van der Waals surface area (Å²) < 4.78 is 0.722. The maximum Gasteiger partial charge on any atom is 0.103 e. The summed E-state index contributed by atoms with van der Waals surface area (Å²) >= 11 is 4.11. The molecule has 0 aromatic rings. The van der Waals surface area contributed by atoms with Crippen molar-refractivity contribution in [3.63, 3.8) is 0 Å². The van der Waals surface area contributed by atoms with Crippen LogP contribution in [0.1, 0.15) is 13.8 Å². The molecule has 1 saturated heterocycles. The highest BCUT2D eigenvalue weighted by atomic mass is 32.2. The van der Waals surface area contributed by atoms with Crippen molar-refractivity contribution in [1.82, 2.24) is 4.90 Å². The highest BCUT2D eigenvalue weighted by molar-refractivity contribution is 8.17. The third-order valence-electron chi connectivity index (χ3n) is 1.82. The molecule has 0 N–H and O–H groups in total. The van der Waals surface area contributed by atoms with Gasteiger partial charge in [-0.05, 0) is 19.7 Å². The summed E-state index contributed by atoms with van der Waals surface area (Å²) in [7, 11) is 2.22. The van der Waals surface area contributed by atoms with Gasteiger partial charge in [0.1, 0.15) is 4.71 Å². The molecule has 0 amide bonds. The molecule has 60 valence electrons. The molecule has 0 aromatic carbocycles. The first-order valence-corrected chi connectivity index (χ1v) is 5.80. The lowest BCUT2D eigenvalue weighted by Gasteiger charge is -2.20. The van der Waals surface area contributed by atoms with Crippen molar-refractivity contribution in [3.8, 4) is 0 Å². The monoisotopic (exact) mass is 177 g/mol. The zero-order valence-electron chi connectivity index (χ0n) is 6.83. The molecule has 1 rings (SSSR count). The molecule has 0 saturated carbocycles. The van der Waals surface area contributed by atoms with E-state index >= 15 is 0 Å². The fourth-order valence-corrected chi connectivity index (χ4v) is 3.85. The van der Waals surface area contributed by atoms with Gasteiger partial charge in [-0.25, -0.2) is 0 Å². The van der Waals surface area contributed by atoms with Gasteiger partial charge in [0, 0.05) is 11.8 Å². The third-order valence-corrected chi connectivity index (χ3v) is 4.88. The van der Waals surface area contributed by atoms with E-state index in [-0.39, 0.29) is 0 Å². The minimum absolute atomic E-state index is 0.722. The topological polar surface area (TPSA) is 3.24 Å². The van der Waals surface area contributed by atoms with E-state index in [1.54, 1.807) is 0 Å². The summed E-state index contributed by atoms with van der Waals surface area (Å²) in [4.78, 5) is 2.46. The Bertz CT molecular complexity index is 106. The first-order valence-electron chi connectivity index (χ1n) is 3.71.